The van der Waals surface area contributed by atoms with Gasteiger partial charge in [-0.15, -0.1) is 0 Å². The van der Waals surface area contributed by atoms with Gasteiger partial charge in [-0.2, -0.15) is 11.8 Å². The Hall–Kier alpha value is -2.54. The summed E-state index contributed by atoms with van der Waals surface area (Å²) < 4.78 is 0. The Bertz CT molecular complexity index is 722. The topological polar surface area (TPSA) is 74.3 Å². The van der Waals surface area contributed by atoms with Crippen LogP contribution in [0.5, 0.6) is 0 Å². The standard InChI is InChI=1S/C18H20N4O2S/c23-17(8-12-25-13-15-3-1-2-9-19-15)21-14-4-6-16(7-5-14)22-11-10-20-18(22)24/h1-7,9H,8,10-13H2,(H,20,24)(H,21,23). The smallest absolute Gasteiger partial charge is 0.321 e. The molecule has 130 valence electrons. The molecule has 1 aliphatic rings. The minimum atomic E-state index is -0.0817. The highest BCUT2D eigenvalue weighted by Crippen LogP contribution is 2.20. The normalized spacial score (nSPS) is 13.6. The molecule has 25 heavy (non-hydrogen) atoms. The molecule has 0 atom stereocenters. The predicted molar refractivity (Wildman–Crippen MR) is 101 cm³/mol. The van der Waals surface area contributed by atoms with Gasteiger partial charge in [0.15, 0.2) is 0 Å². The summed E-state index contributed by atoms with van der Waals surface area (Å²) in [7, 11) is 0. The van der Waals surface area contributed by atoms with Crippen molar-refractivity contribution in [1.82, 2.24) is 10.3 Å². The highest BCUT2D eigenvalue weighted by molar-refractivity contribution is 7.98. The van der Waals surface area contributed by atoms with Gasteiger partial charge in [-0.25, -0.2) is 4.79 Å². The van der Waals surface area contributed by atoms with E-state index in [1.54, 1.807) is 22.9 Å². The number of rotatable bonds is 7. The number of amides is 3. The van der Waals surface area contributed by atoms with E-state index in [-0.39, 0.29) is 11.9 Å². The maximum absolute atomic E-state index is 12.0. The molecule has 1 saturated heterocycles. The van der Waals surface area contributed by atoms with Crippen molar-refractivity contribution in [3.05, 3.63) is 54.4 Å². The molecule has 1 aromatic carbocycles. The van der Waals surface area contributed by atoms with Crippen LogP contribution < -0.4 is 15.5 Å². The predicted octanol–water partition coefficient (Wildman–Crippen LogP) is 2.87. The van der Waals surface area contributed by atoms with Crippen LogP contribution in [0, 0.1) is 0 Å². The number of hydrogen-bond acceptors (Lipinski definition) is 4. The van der Waals surface area contributed by atoms with E-state index in [1.807, 2.05) is 42.5 Å². The van der Waals surface area contributed by atoms with E-state index in [2.05, 4.69) is 15.6 Å². The van der Waals surface area contributed by atoms with E-state index in [4.69, 9.17) is 0 Å². The van der Waals surface area contributed by atoms with Crippen LogP contribution in [0.3, 0.4) is 0 Å². The number of anilines is 2. The average Bonchev–Trinajstić information content (AvgIpc) is 3.06. The van der Waals surface area contributed by atoms with Crippen molar-refractivity contribution >= 4 is 35.1 Å². The molecule has 0 unspecified atom stereocenters. The van der Waals surface area contributed by atoms with Crippen molar-refractivity contribution in [3.63, 3.8) is 0 Å². The molecule has 1 aliphatic heterocycles. The second-order valence-corrected chi connectivity index (χ2v) is 6.71. The first-order chi connectivity index (χ1) is 12.2. The van der Waals surface area contributed by atoms with Crippen LogP contribution >= 0.6 is 11.8 Å². The van der Waals surface area contributed by atoms with Gasteiger partial charge in [0.25, 0.3) is 0 Å². The number of hydrogen-bond donors (Lipinski definition) is 2. The lowest BCUT2D eigenvalue weighted by Gasteiger charge is -2.14. The third-order valence-electron chi connectivity index (χ3n) is 3.77. The van der Waals surface area contributed by atoms with Gasteiger partial charge >= 0.3 is 6.03 Å². The molecule has 3 amide bonds. The number of carbonyl (C=O) groups excluding carboxylic acids is 2. The number of urea groups is 1. The lowest BCUT2D eigenvalue weighted by atomic mass is 10.2. The van der Waals surface area contributed by atoms with E-state index < -0.39 is 0 Å². The molecule has 0 radical (unpaired) electrons. The van der Waals surface area contributed by atoms with Crippen LogP contribution in [0.2, 0.25) is 0 Å². The minimum absolute atomic E-state index is 0.0137. The van der Waals surface area contributed by atoms with Crippen LogP contribution in [0.4, 0.5) is 16.2 Å². The highest BCUT2D eigenvalue weighted by atomic mass is 32.2. The number of aromatic nitrogens is 1. The summed E-state index contributed by atoms with van der Waals surface area (Å²) in [5.74, 6) is 1.54. The lowest BCUT2D eigenvalue weighted by Crippen LogP contribution is -2.27. The Morgan fingerprint density at radius 3 is 2.76 bits per heavy atom. The van der Waals surface area contributed by atoms with Crippen LogP contribution in [-0.4, -0.2) is 35.8 Å². The Kier molecular flexibility index (Phi) is 5.90. The third-order valence-corrected chi connectivity index (χ3v) is 4.76. The first kappa shape index (κ1) is 17.3. The molecule has 0 spiro atoms. The van der Waals surface area contributed by atoms with Crippen molar-refractivity contribution in [2.24, 2.45) is 0 Å². The average molecular weight is 356 g/mol. The molecule has 6 nitrogen and oxygen atoms in total. The zero-order chi connectivity index (χ0) is 17.5. The van der Waals surface area contributed by atoms with Crippen LogP contribution in [-0.2, 0) is 10.5 Å². The number of thioether (sulfide) groups is 1. The number of carbonyl (C=O) groups is 2. The summed E-state index contributed by atoms with van der Waals surface area (Å²) in [5.41, 5.74) is 2.59. The zero-order valence-electron chi connectivity index (χ0n) is 13.8. The van der Waals surface area contributed by atoms with Crippen molar-refractivity contribution in [3.8, 4) is 0 Å². The molecule has 0 bridgehead atoms. The lowest BCUT2D eigenvalue weighted by molar-refractivity contribution is -0.115. The highest BCUT2D eigenvalue weighted by Gasteiger charge is 2.20. The zero-order valence-corrected chi connectivity index (χ0v) is 14.6. The van der Waals surface area contributed by atoms with Crippen LogP contribution in [0.25, 0.3) is 0 Å². The Balaban J connectivity index is 1.41. The van der Waals surface area contributed by atoms with E-state index in [0.717, 1.165) is 28.6 Å². The minimum Gasteiger partial charge on any atom is -0.336 e. The van der Waals surface area contributed by atoms with E-state index in [1.165, 1.54) is 0 Å². The van der Waals surface area contributed by atoms with Gasteiger partial charge < -0.3 is 10.6 Å². The van der Waals surface area contributed by atoms with E-state index >= 15 is 0 Å². The molecule has 7 heteroatoms. The summed E-state index contributed by atoms with van der Waals surface area (Å²) in [6, 6.07) is 13.1. The Morgan fingerprint density at radius 1 is 1.24 bits per heavy atom. The van der Waals surface area contributed by atoms with Crippen molar-refractivity contribution in [1.29, 1.82) is 0 Å². The summed E-state index contributed by atoms with van der Waals surface area (Å²) in [4.78, 5) is 29.6. The third kappa shape index (κ3) is 4.96. The van der Waals surface area contributed by atoms with Gasteiger partial charge in [-0.3, -0.25) is 14.7 Å². The molecule has 2 aromatic rings. The number of nitrogens with one attached hydrogen (secondary N) is 2. The number of benzene rings is 1. The summed E-state index contributed by atoms with van der Waals surface area (Å²) in [6.07, 6.45) is 2.23. The first-order valence-corrected chi connectivity index (χ1v) is 9.31. The monoisotopic (exact) mass is 356 g/mol. The molecule has 0 aliphatic carbocycles. The molecular weight excluding hydrogens is 336 g/mol. The quantitative estimate of drug-likeness (QED) is 0.748. The van der Waals surface area contributed by atoms with Crippen LogP contribution in [0.15, 0.2) is 48.7 Å². The van der Waals surface area contributed by atoms with Crippen molar-refractivity contribution in [2.75, 3.05) is 29.1 Å². The fourth-order valence-electron chi connectivity index (χ4n) is 2.49. The van der Waals surface area contributed by atoms with Gasteiger partial charge in [0, 0.05) is 48.6 Å². The van der Waals surface area contributed by atoms with Crippen molar-refractivity contribution in [2.45, 2.75) is 12.2 Å². The van der Waals surface area contributed by atoms with Gasteiger partial charge in [-0.1, -0.05) is 6.07 Å². The molecule has 2 heterocycles. The fourth-order valence-corrected chi connectivity index (χ4v) is 3.35. The fraction of sp³-hybridized carbons (Fsp3) is 0.278. The summed E-state index contributed by atoms with van der Waals surface area (Å²) in [5, 5.41) is 5.65. The van der Waals surface area contributed by atoms with Gasteiger partial charge in [0.05, 0.1) is 5.69 Å². The second kappa shape index (κ2) is 8.53. The largest absolute Gasteiger partial charge is 0.336 e. The Morgan fingerprint density at radius 2 is 2.08 bits per heavy atom. The summed E-state index contributed by atoms with van der Waals surface area (Å²) >= 11 is 1.69. The second-order valence-electron chi connectivity index (χ2n) is 5.60. The molecule has 1 aromatic heterocycles. The molecule has 3 rings (SSSR count). The van der Waals surface area contributed by atoms with Gasteiger partial charge in [0.1, 0.15) is 0 Å². The van der Waals surface area contributed by atoms with Gasteiger partial charge in [-0.05, 0) is 36.4 Å². The van der Waals surface area contributed by atoms with Crippen molar-refractivity contribution < 1.29 is 9.59 Å². The summed E-state index contributed by atoms with van der Waals surface area (Å²) in [6.45, 7) is 1.32. The molecule has 1 fully saturated rings. The number of nitrogens with zero attached hydrogens (tertiary/aromatic N) is 2. The molecule has 0 saturated carbocycles. The molecular formula is C18H20N4O2S. The Labute approximate surface area is 151 Å². The van der Waals surface area contributed by atoms with E-state index in [0.29, 0.717) is 19.5 Å². The maximum atomic E-state index is 12.0. The van der Waals surface area contributed by atoms with E-state index in [9.17, 15) is 9.59 Å². The van der Waals surface area contributed by atoms with Gasteiger partial charge in [0.2, 0.25) is 5.91 Å². The SMILES string of the molecule is O=C(CCSCc1ccccn1)Nc1ccc(N2CCNC2=O)cc1. The molecule has 2 N–H and O–H groups in total. The number of pyridine rings is 1. The first-order valence-electron chi connectivity index (χ1n) is 8.15. The van der Waals surface area contributed by atoms with Crippen LogP contribution in [0.1, 0.15) is 12.1 Å². The maximum Gasteiger partial charge on any atom is 0.321 e.